The van der Waals surface area contributed by atoms with Gasteiger partial charge in [0.25, 0.3) is 0 Å². The number of aromatic nitrogens is 2. The van der Waals surface area contributed by atoms with Crippen LogP contribution in [0.3, 0.4) is 0 Å². The summed E-state index contributed by atoms with van der Waals surface area (Å²) in [5, 5.41) is 0. The Morgan fingerprint density at radius 2 is 2.29 bits per heavy atom. The number of aryl methyl sites for hydroxylation is 1. The number of rotatable bonds is 4. The van der Waals surface area contributed by atoms with E-state index in [-0.39, 0.29) is 0 Å². The van der Waals surface area contributed by atoms with Crippen LogP contribution in [0.25, 0.3) is 0 Å². The summed E-state index contributed by atoms with van der Waals surface area (Å²) in [4.78, 5) is 9.78. The Labute approximate surface area is 110 Å². The molecule has 0 aliphatic carbocycles. The molecule has 2 rings (SSSR count). The lowest BCUT2D eigenvalue weighted by molar-refractivity contribution is 0.843. The van der Waals surface area contributed by atoms with E-state index in [0.717, 1.165) is 23.3 Å². The molecule has 0 atom stereocenters. The molecule has 4 heteroatoms. The van der Waals surface area contributed by atoms with Crippen LogP contribution in [0.5, 0.6) is 0 Å². The Morgan fingerprint density at radius 3 is 2.94 bits per heavy atom. The maximum atomic E-state index is 4.41. The summed E-state index contributed by atoms with van der Waals surface area (Å²) in [6.07, 6.45) is 4.81. The number of nitrogens with one attached hydrogen (secondary N) is 1. The molecular formula is C13H16BrN3. The number of pyridine rings is 1. The number of aromatic amines is 1. The molecule has 0 aromatic carbocycles. The van der Waals surface area contributed by atoms with Crippen LogP contribution in [0.15, 0.2) is 35.1 Å². The Morgan fingerprint density at radius 1 is 1.47 bits per heavy atom. The third-order valence-corrected chi connectivity index (χ3v) is 3.63. The molecule has 0 amide bonds. The number of hydrogen-bond donors (Lipinski definition) is 1. The molecule has 0 bridgehead atoms. The van der Waals surface area contributed by atoms with Crippen molar-refractivity contribution in [3.8, 4) is 0 Å². The zero-order valence-corrected chi connectivity index (χ0v) is 11.7. The van der Waals surface area contributed by atoms with E-state index in [1.165, 1.54) is 11.3 Å². The second-order valence-electron chi connectivity index (χ2n) is 4.16. The zero-order chi connectivity index (χ0) is 12.3. The summed E-state index contributed by atoms with van der Waals surface area (Å²) < 4.78 is 1.05. The number of likely N-dealkylation sites (N-methyl/N-ethyl adjacent to an activating group) is 1. The van der Waals surface area contributed by atoms with Crippen LogP contribution >= 0.6 is 15.9 Å². The van der Waals surface area contributed by atoms with E-state index in [0.29, 0.717) is 0 Å². The topological polar surface area (TPSA) is 31.9 Å². The normalized spacial score (nSPS) is 10.5. The van der Waals surface area contributed by atoms with Crippen molar-refractivity contribution < 1.29 is 0 Å². The molecule has 90 valence electrons. The fraction of sp³-hybridized carbons (Fsp3) is 0.308. The molecule has 0 saturated heterocycles. The highest BCUT2D eigenvalue weighted by Crippen LogP contribution is 2.19. The Hall–Kier alpha value is -1.29. The molecule has 0 aliphatic rings. The van der Waals surface area contributed by atoms with Crippen molar-refractivity contribution in [3.05, 3.63) is 46.3 Å². The van der Waals surface area contributed by atoms with Gasteiger partial charge in [0.2, 0.25) is 0 Å². The van der Waals surface area contributed by atoms with Gasteiger partial charge in [0.15, 0.2) is 0 Å². The highest BCUT2D eigenvalue weighted by Gasteiger charge is 2.05. The van der Waals surface area contributed by atoms with Gasteiger partial charge >= 0.3 is 0 Å². The number of halogens is 1. The summed E-state index contributed by atoms with van der Waals surface area (Å²) in [7, 11) is 2.07. The Balaban J connectivity index is 1.99. The standard InChI is InChI=1S/C13H16BrN3/c1-10-8-13(16-9-12(10)14)17(2)7-5-11-4-3-6-15-11/h3-4,6,8-9,15H,5,7H2,1-2H3. The predicted octanol–water partition coefficient (Wildman–Crippen LogP) is 3.16. The van der Waals surface area contributed by atoms with Crippen LogP contribution in [0.2, 0.25) is 0 Å². The minimum absolute atomic E-state index is 0.953. The summed E-state index contributed by atoms with van der Waals surface area (Å²) in [6, 6.07) is 6.23. The van der Waals surface area contributed by atoms with Gasteiger partial charge < -0.3 is 9.88 Å². The van der Waals surface area contributed by atoms with Gasteiger partial charge in [-0.25, -0.2) is 4.98 Å². The Kier molecular flexibility index (Phi) is 3.84. The van der Waals surface area contributed by atoms with Crippen molar-refractivity contribution in [2.24, 2.45) is 0 Å². The molecule has 0 saturated carbocycles. The van der Waals surface area contributed by atoms with Gasteiger partial charge in [-0.05, 0) is 46.6 Å². The molecule has 1 N–H and O–H groups in total. The number of nitrogens with zero attached hydrogens (tertiary/aromatic N) is 2. The van der Waals surface area contributed by atoms with Crippen LogP contribution in [0.4, 0.5) is 5.82 Å². The van der Waals surface area contributed by atoms with E-state index in [1.807, 2.05) is 18.5 Å². The van der Waals surface area contributed by atoms with Crippen molar-refractivity contribution in [2.75, 3.05) is 18.5 Å². The molecule has 0 radical (unpaired) electrons. The second-order valence-corrected chi connectivity index (χ2v) is 5.01. The predicted molar refractivity (Wildman–Crippen MR) is 74.4 cm³/mol. The smallest absolute Gasteiger partial charge is 0.128 e. The maximum absolute atomic E-state index is 4.41. The second kappa shape index (κ2) is 5.36. The molecular weight excluding hydrogens is 278 g/mol. The van der Waals surface area contributed by atoms with Crippen LogP contribution in [-0.4, -0.2) is 23.6 Å². The van der Waals surface area contributed by atoms with Crippen LogP contribution < -0.4 is 4.90 Å². The van der Waals surface area contributed by atoms with Crippen LogP contribution in [0, 0.1) is 6.92 Å². The van der Waals surface area contributed by atoms with Crippen molar-refractivity contribution in [2.45, 2.75) is 13.3 Å². The quantitative estimate of drug-likeness (QED) is 0.939. The molecule has 2 aromatic heterocycles. The lowest BCUT2D eigenvalue weighted by Crippen LogP contribution is -2.21. The molecule has 0 unspecified atom stereocenters. The van der Waals surface area contributed by atoms with Gasteiger partial charge in [0, 0.05) is 42.6 Å². The third kappa shape index (κ3) is 3.09. The van der Waals surface area contributed by atoms with Gasteiger partial charge in [-0.3, -0.25) is 0 Å². The Bertz CT molecular complexity index is 479. The molecule has 0 spiro atoms. The average molecular weight is 294 g/mol. The average Bonchev–Trinajstić information content (AvgIpc) is 2.82. The number of hydrogen-bond acceptors (Lipinski definition) is 2. The first-order valence-electron chi connectivity index (χ1n) is 5.62. The molecule has 2 heterocycles. The molecule has 2 aromatic rings. The summed E-state index contributed by atoms with van der Waals surface area (Å²) in [5.41, 5.74) is 2.47. The fourth-order valence-electron chi connectivity index (χ4n) is 1.66. The first-order valence-corrected chi connectivity index (χ1v) is 6.41. The largest absolute Gasteiger partial charge is 0.365 e. The number of H-pyrrole nitrogens is 1. The van der Waals surface area contributed by atoms with E-state index < -0.39 is 0 Å². The van der Waals surface area contributed by atoms with Crippen molar-refractivity contribution >= 4 is 21.7 Å². The van der Waals surface area contributed by atoms with Gasteiger partial charge in [0.1, 0.15) is 5.82 Å². The van der Waals surface area contributed by atoms with Crippen molar-refractivity contribution in [1.82, 2.24) is 9.97 Å². The zero-order valence-electron chi connectivity index (χ0n) is 10.1. The van der Waals surface area contributed by atoms with Gasteiger partial charge in [-0.2, -0.15) is 0 Å². The number of anilines is 1. The summed E-state index contributed by atoms with van der Waals surface area (Å²) in [6.45, 7) is 3.03. The van der Waals surface area contributed by atoms with Crippen molar-refractivity contribution in [1.29, 1.82) is 0 Å². The molecule has 17 heavy (non-hydrogen) atoms. The fourth-order valence-corrected chi connectivity index (χ4v) is 1.88. The highest BCUT2D eigenvalue weighted by atomic mass is 79.9. The van der Waals surface area contributed by atoms with E-state index in [2.05, 4.69) is 56.9 Å². The van der Waals surface area contributed by atoms with Crippen LogP contribution in [-0.2, 0) is 6.42 Å². The SMILES string of the molecule is Cc1cc(N(C)CCc2ccc[nH]2)ncc1Br. The lowest BCUT2D eigenvalue weighted by atomic mass is 10.2. The highest BCUT2D eigenvalue weighted by molar-refractivity contribution is 9.10. The van der Waals surface area contributed by atoms with Gasteiger partial charge in [-0.1, -0.05) is 0 Å². The minimum atomic E-state index is 0.953. The van der Waals surface area contributed by atoms with E-state index >= 15 is 0 Å². The maximum Gasteiger partial charge on any atom is 0.128 e. The first kappa shape index (κ1) is 12.2. The van der Waals surface area contributed by atoms with Crippen molar-refractivity contribution in [3.63, 3.8) is 0 Å². The van der Waals surface area contributed by atoms with E-state index in [4.69, 9.17) is 0 Å². The van der Waals surface area contributed by atoms with Gasteiger partial charge in [0.05, 0.1) is 0 Å². The van der Waals surface area contributed by atoms with Gasteiger partial charge in [-0.15, -0.1) is 0 Å². The van der Waals surface area contributed by atoms with Crippen LogP contribution in [0.1, 0.15) is 11.3 Å². The minimum Gasteiger partial charge on any atom is -0.365 e. The lowest BCUT2D eigenvalue weighted by Gasteiger charge is -2.18. The molecule has 0 aliphatic heterocycles. The summed E-state index contributed by atoms with van der Waals surface area (Å²) in [5.74, 6) is 1.01. The van der Waals surface area contributed by atoms with E-state index in [1.54, 1.807) is 0 Å². The first-order chi connectivity index (χ1) is 8.16. The molecule has 3 nitrogen and oxygen atoms in total. The third-order valence-electron chi connectivity index (χ3n) is 2.80. The molecule has 0 fully saturated rings. The van der Waals surface area contributed by atoms with E-state index in [9.17, 15) is 0 Å². The monoisotopic (exact) mass is 293 g/mol. The summed E-state index contributed by atoms with van der Waals surface area (Å²) >= 11 is 3.46.